The number of benzene rings is 1. The van der Waals surface area contributed by atoms with E-state index in [0.29, 0.717) is 11.5 Å². The van der Waals surface area contributed by atoms with Gasteiger partial charge in [0.25, 0.3) is 0 Å². The second kappa shape index (κ2) is 7.05. The zero-order chi connectivity index (χ0) is 15.3. The number of piperidine rings is 1. The largest absolute Gasteiger partial charge is 0.373 e. The van der Waals surface area contributed by atoms with Crippen LogP contribution in [0.25, 0.3) is 0 Å². The van der Waals surface area contributed by atoms with Crippen LogP contribution in [-0.4, -0.2) is 25.2 Å². The van der Waals surface area contributed by atoms with Crippen LogP contribution in [0.5, 0.6) is 0 Å². The molecule has 1 N–H and O–H groups in total. The molecule has 1 aliphatic heterocycles. The van der Waals surface area contributed by atoms with E-state index in [9.17, 15) is 4.79 Å². The van der Waals surface area contributed by atoms with Gasteiger partial charge in [0.15, 0.2) is 0 Å². The van der Waals surface area contributed by atoms with Crippen LogP contribution in [0.15, 0.2) is 30.3 Å². The molecule has 1 fully saturated rings. The highest BCUT2D eigenvalue weighted by molar-refractivity contribution is 5.88. The van der Waals surface area contributed by atoms with Gasteiger partial charge in [0.1, 0.15) is 6.10 Å². The molecule has 4 heteroatoms. The second-order valence-corrected chi connectivity index (χ2v) is 6.71. The van der Waals surface area contributed by atoms with Gasteiger partial charge in [-0.2, -0.15) is 4.89 Å². The van der Waals surface area contributed by atoms with E-state index in [-0.39, 0.29) is 11.5 Å². The monoisotopic (exact) mass is 291 g/mol. The van der Waals surface area contributed by atoms with Crippen molar-refractivity contribution < 1.29 is 14.6 Å². The first-order valence-electron chi connectivity index (χ1n) is 7.62. The first-order chi connectivity index (χ1) is 9.98. The lowest BCUT2D eigenvalue weighted by Crippen LogP contribution is -2.42. The lowest BCUT2D eigenvalue weighted by Gasteiger charge is -2.37. The lowest BCUT2D eigenvalue weighted by molar-refractivity contribution is -0.307. The summed E-state index contributed by atoms with van der Waals surface area (Å²) in [5.41, 5.74) is 0.439. The van der Waals surface area contributed by atoms with Crippen molar-refractivity contribution in [1.82, 2.24) is 5.32 Å². The predicted octanol–water partition coefficient (Wildman–Crippen LogP) is 3.19. The maximum Gasteiger partial charge on any atom is 0.373 e. The van der Waals surface area contributed by atoms with Crippen LogP contribution in [0, 0.1) is 11.3 Å². The van der Waals surface area contributed by atoms with Gasteiger partial charge in [-0.3, -0.25) is 4.89 Å². The van der Waals surface area contributed by atoms with Crippen molar-refractivity contribution in [3.63, 3.8) is 0 Å². The molecular formula is C17H25NO3. The summed E-state index contributed by atoms with van der Waals surface area (Å²) in [6.45, 7) is 8.35. The normalized spacial score (nSPS) is 18.2. The number of nitrogens with one attached hydrogen (secondary N) is 1. The molecule has 1 unspecified atom stereocenters. The average molecular weight is 291 g/mol. The maximum atomic E-state index is 12.0. The fourth-order valence-electron chi connectivity index (χ4n) is 2.79. The van der Waals surface area contributed by atoms with Gasteiger partial charge in [-0.1, -0.05) is 39.0 Å². The summed E-state index contributed by atoms with van der Waals surface area (Å²) in [6, 6.07) is 8.94. The Bertz CT molecular complexity index is 447. The van der Waals surface area contributed by atoms with Crippen LogP contribution in [0.4, 0.5) is 0 Å². The van der Waals surface area contributed by atoms with E-state index in [0.717, 1.165) is 25.9 Å². The van der Waals surface area contributed by atoms with Gasteiger partial charge in [-0.05, 0) is 49.4 Å². The lowest BCUT2D eigenvalue weighted by atomic mass is 9.77. The van der Waals surface area contributed by atoms with Gasteiger partial charge in [0.05, 0.1) is 5.56 Å². The van der Waals surface area contributed by atoms with Crippen molar-refractivity contribution >= 4 is 5.97 Å². The van der Waals surface area contributed by atoms with Gasteiger partial charge in [-0.25, -0.2) is 4.79 Å². The number of hydrogen-bond donors (Lipinski definition) is 1. The Kier molecular flexibility index (Phi) is 5.37. The van der Waals surface area contributed by atoms with E-state index in [2.05, 4.69) is 26.1 Å². The third-order valence-corrected chi connectivity index (χ3v) is 3.90. The highest BCUT2D eigenvalue weighted by atomic mass is 17.2. The Balaban J connectivity index is 1.97. The van der Waals surface area contributed by atoms with Crippen molar-refractivity contribution in [2.24, 2.45) is 11.3 Å². The highest BCUT2D eigenvalue weighted by Gasteiger charge is 2.36. The molecule has 0 radical (unpaired) electrons. The molecule has 0 bridgehead atoms. The van der Waals surface area contributed by atoms with Crippen LogP contribution in [-0.2, 0) is 9.78 Å². The molecule has 0 saturated carbocycles. The van der Waals surface area contributed by atoms with Crippen LogP contribution in [0.2, 0.25) is 0 Å². The summed E-state index contributed by atoms with van der Waals surface area (Å²) >= 11 is 0. The topological polar surface area (TPSA) is 47.6 Å². The SMILES string of the molecule is CC(C)(C)C(OOC(=O)c1ccccc1)C1CCNCC1. The van der Waals surface area contributed by atoms with E-state index in [1.54, 1.807) is 12.1 Å². The quantitative estimate of drug-likeness (QED) is 0.683. The van der Waals surface area contributed by atoms with E-state index >= 15 is 0 Å². The fourth-order valence-corrected chi connectivity index (χ4v) is 2.79. The number of hydrogen-bond acceptors (Lipinski definition) is 4. The molecule has 1 aromatic carbocycles. The van der Waals surface area contributed by atoms with Gasteiger partial charge in [0.2, 0.25) is 0 Å². The first kappa shape index (κ1) is 16.0. The van der Waals surface area contributed by atoms with Crippen molar-refractivity contribution in [1.29, 1.82) is 0 Å². The molecule has 116 valence electrons. The highest BCUT2D eigenvalue weighted by Crippen LogP contribution is 2.33. The summed E-state index contributed by atoms with van der Waals surface area (Å²) in [4.78, 5) is 22.7. The predicted molar refractivity (Wildman–Crippen MR) is 81.8 cm³/mol. The third-order valence-electron chi connectivity index (χ3n) is 3.90. The smallest absolute Gasteiger partial charge is 0.317 e. The van der Waals surface area contributed by atoms with E-state index < -0.39 is 5.97 Å². The minimum Gasteiger partial charge on any atom is -0.317 e. The van der Waals surface area contributed by atoms with Crippen molar-refractivity contribution in [3.8, 4) is 0 Å². The van der Waals surface area contributed by atoms with Crippen LogP contribution < -0.4 is 5.32 Å². The Morgan fingerprint density at radius 2 is 1.81 bits per heavy atom. The van der Waals surface area contributed by atoms with E-state index in [1.807, 2.05) is 18.2 Å². The summed E-state index contributed by atoms with van der Waals surface area (Å²) in [6.07, 6.45) is 2.00. The van der Waals surface area contributed by atoms with Crippen LogP contribution in [0.3, 0.4) is 0 Å². The van der Waals surface area contributed by atoms with Gasteiger partial charge in [0, 0.05) is 0 Å². The molecule has 4 nitrogen and oxygen atoms in total. The minimum absolute atomic E-state index is 0.0705. The Morgan fingerprint density at radius 1 is 1.19 bits per heavy atom. The summed E-state index contributed by atoms with van der Waals surface area (Å²) in [5, 5.41) is 3.35. The molecule has 1 heterocycles. The average Bonchev–Trinajstić information content (AvgIpc) is 2.48. The fraction of sp³-hybridized carbons (Fsp3) is 0.588. The summed E-state index contributed by atoms with van der Waals surface area (Å²) < 4.78 is 0. The molecule has 0 aliphatic carbocycles. The van der Waals surface area contributed by atoms with Gasteiger partial charge in [-0.15, -0.1) is 0 Å². The molecular weight excluding hydrogens is 266 g/mol. The second-order valence-electron chi connectivity index (χ2n) is 6.71. The summed E-state index contributed by atoms with van der Waals surface area (Å²) in [7, 11) is 0. The molecule has 1 aliphatic rings. The van der Waals surface area contributed by atoms with Gasteiger partial charge >= 0.3 is 5.97 Å². The number of carbonyl (C=O) groups is 1. The number of carbonyl (C=O) groups excluding carboxylic acids is 1. The van der Waals surface area contributed by atoms with Crippen molar-refractivity contribution in [2.75, 3.05) is 13.1 Å². The molecule has 2 rings (SSSR count). The zero-order valence-electron chi connectivity index (χ0n) is 13.1. The third kappa shape index (κ3) is 4.55. The standard InChI is InChI=1S/C17H25NO3/c1-17(2,3)15(13-9-11-18-12-10-13)20-21-16(19)14-7-5-4-6-8-14/h4-8,13,15,18H,9-12H2,1-3H3. The Morgan fingerprint density at radius 3 is 2.38 bits per heavy atom. The minimum atomic E-state index is -0.432. The maximum absolute atomic E-state index is 12.0. The van der Waals surface area contributed by atoms with E-state index in [4.69, 9.17) is 9.78 Å². The van der Waals surface area contributed by atoms with Gasteiger partial charge < -0.3 is 5.32 Å². The molecule has 1 saturated heterocycles. The molecule has 0 spiro atoms. The molecule has 1 atom stereocenters. The number of rotatable bonds is 4. The first-order valence-corrected chi connectivity index (χ1v) is 7.62. The zero-order valence-corrected chi connectivity index (χ0v) is 13.1. The molecule has 0 aromatic heterocycles. The Labute approximate surface area is 126 Å². The van der Waals surface area contributed by atoms with Crippen molar-refractivity contribution in [3.05, 3.63) is 35.9 Å². The van der Waals surface area contributed by atoms with Crippen molar-refractivity contribution in [2.45, 2.75) is 39.7 Å². The van der Waals surface area contributed by atoms with Crippen LogP contribution >= 0.6 is 0 Å². The Hall–Kier alpha value is -1.39. The van der Waals surface area contributed by atoms with E-state index in [1.165, 1.54) is 0 Å². The molecule has 0 amide bonds. The van der Waals surface area contributed by atoms with Crippen LogP contribution in [0.1, 0.15) is 44.0 Å². The molecule has 21 heavy (non-hydrogen) atoms. The molecule has 1 aromatic rings. The summed E-state index contributed by atoms with van der Waals surface area (Å²) in [5.74, 6) is -0.0198.